The van der Waals surface area contributed by atoms with E-state index in [0.717, 1.165) is 10.9 Å². The summed E-state index contributed by atoms with van der Waals surface area (Å²) in [5, 5.41) is 4.45. The molecule has 0 amide bonds. The van der Waals surface area contributed by atoms with Gasteiger partial charge >= 0.3 is 0 Å². The molecule has 0 radical (unpaired) electrons. The van der Waals surface area contributed by atoms with Crippen molar-refractivity contribution < 1.29 is 4.39 Å². The summed E-state index contributed by atoms with van der Waals surface area (Å²) >= 11 is 12.2. The number of aromatic nitrogens is 3. The van der Waals surface area contributed by atoms with Crippen molar-refractivity contribution in [2.75, 3.05) is 5.32 Å². The SMILES string of the molecule is Fc1ccc(Nc2nc(-c3cccnc3)nc3c(Cl)cccc23)cc1Cl. The first kappa shape index (κ1) is 16.7. The number of para-hydroxylation sites is 1. The fourth-order valence-corrected chi connectivity index (χ4v) is 2.94. The molecule has 2 heterocycles. The summed E-state index contributed by atoms with van der Waals surface area (Å²) in [7, 11) is 0. The zero-order chi connectivity index (χ0) is 18.1. The van der Waals surface area contributed by atoms with Crippen molar-refractivity contribution in [3.63, 3.8) is 0 Å². The summed E-state index contributed by atoms with van der Waals surface area (Å²) in [5.74, 6) is 0.539. The van der Waals surface area contributed by atoms with Crippen molar-refractivity contribution in [3.8, 4) is 11.4 Å². The number of hydrogen-bond acceptors (Lipinski definition) is 4. The minimum absolute atomic E-state index is 0.0267. The highest BCUT2D eigenvalue weighted by atomic mass is 35.5. The maximum Gasteiger partial charge on any atom is 0.163 e. The highest BCUT2D eigenvalue weighted by Crippen LogP contribution is 2.31. The van der Waals surface area contributed by atoms with Crippen molar-refractivity contribution >= 4 is 45.6 Å². The van der Waals surface area contributed by atoms with Gasteiger partial charge in [-0.05, 0) is 42.5 Å². The molecule has 0 saturated heterocycles. The van der Waals surface area contributed by atoms with Gasteiger partial charge in [-0.15, -0.1) is 0 Å². The monoisotopic (exact) mass is 384 g/mol. The van der Waals surface area contributed by atoms with Crippen LogP contribution in [0.25, 0.3) is 22.3 Å². The lowest BCUT2D eigenvalue weighted by atomic mass is 10.2. The van der Waals surface area contributed by atoms with Crippen LogP contribution >= 0.6 is 23.2 Å². The average molecular weight is 385 g/mol. The predicted molar refractivity (Wildman–Crippen MR) is 102 cm³/mol. The minimum Gasteiger partial charge on any atom is -0.340 e. The van der Waals surface area contributed by atoms with E-state index in [-0.39, 0.29) is 5.02 Å². The van der Waals surface area contributed by atoms with E-state index in [9.17, 15) is 4.39 Å². The van der Waals surface area contributed by atoms with Crippen molar-refractivity contribution in [2.24, 2.45) is 0 Å². The Bertz CT molecular complexity index is 1100. The molecule has 0 aliphatic heterocycles. The molecule has 26 heavy (non-hydrogen) atoms. The largest absolute Gasteiger partial charge is 0.340 e. The number of nitrogens with one attached hydrogen (secondary N) is 1. The first-order valence-electron chi connectivity index (χ1n) is 7.70. The molecular weight excluding hydrogens is 374 g/mol. The smallest absolute Gasteiger partial charge is 0.163 e. The summed E-state index contributed by atoms with van der Waals surface area (Å²) in [6.07, 6.45) is 3.35. The zero-order valence-electron chi connectivity index (χ0n) is 13.2. The lowest BCUT2D eigenvalue weighted by molar-refractivity contribution is 0.628. The van der Waals surface area contributed by atoms with Gasteiger partial charge < -0.3 is 5.32 Å². The van der Waals surface area contributed by atoms with E-state index in [0.29, 0.717) is 27.9 Å². The molecule has 7 heteroatoms. The summed E-state index contributed by atoms with van der Waals surface area (Å²) in [6, 6.07) is 13.5. The number of rotatable bonds is 3. The Kier molecular flexibility index (Phi) is 4.41. The Balaban J connectivity index is 1.89. The van der Waals surface area contributed by atoms with Crippen LogP contribution in [0, 0.1) is 5.82 Å². The Labute approximate surface area is 158 Å². The van der Waals surface area contributed by atoms with Gasteiger partial charge in [-0.3, -0.25) is 4.98 Å². The highest BCUT2D eigenvalue weighted by molar-refractivity contribution is 6.35. The second kappa shape index (κ2) is 6.86. The van der Waals surface area contributed by atoms with E-state index >= 15 is 0 Å². The lowest BCUT2D eigenvalue weighted by Crippen LogP contribution is -2.00. The number of anilines is 2. The average Bonchev–Trinajstić information content (AvgIpc) is 2.66. The molecule has 2 aromatic heterocycles. The van der Waals surface area contributed by atoms with Gasteiger partial charge in [0.25, 0.3) is 0 Å². The van der Waals surface area contributed by atoms with Crippen LogP contribution in [0.2, 0.25) is 10.0 Å². The summed E-state index contributed by atoms with van der Waals surface area (Å²) in [5.41, 5.74) is 1.97. The first-order chi connectivity index (χ1) is 12.6. The molecule has 0 saturated carbocycles. The summed E-state index contributed by atoms with van der Waals surface area (Å²) in [6.45, 7) is 0. The number of pyridine rings is 1. The fourth-order valence-electron chi connectivity index (χ4n) is 2.55. The Hall–Kier alpha value is -2.76. The third-order valence-corrected chi connectivity index (χ3v) is 4.37. The van der Waals surface area contributed by atoms with Crippen LogP contribution < -0.4 is 5.32 Å². The molecule has 4 aromatic rings. The number of nitrogens with zero attached hydrogens (tertiary/aromatic N) is 3. The normalized spacial score (nSPS) is 10.9. The van der Waals surface area contributed by atoms with Crippen LogP contribution in [0.4, 0.5) is 15.9 Å². The van der Waals surface area contributed by atoms with E-state index in [4.69, 9.17) is 23.2 Å². The van der Waals surface area contributed by atoms with E-state index in [1.165, 1.54) is 12.1 Å². The van der Waals surface area contributed by atoms with E-state index < -0.39 is 5.82 Å². The van der Waals surface area contributed by atoms with Crippen molar-refractivity contribution in [2.45, 2.75) is 0 Å². The molecule has 0 atom stereocenters. The highest BCUT2D eigenvalue weighted by Gasteiger charge is 2.12. The molecule has 4 nitrogen and oxygen atoms in total. The van der Waals surface area contributed by atoms with Crippen molar-refractivity contribution in [1.29, 1.82) is 0 Å². The minimum atomic E-state index is -0.483. The maximum absolute atomic E-state index is 13.4. The number of halogens is 3. The standard InChI is InChI=1S/C19H11Cl2FN4/c20-14-5-1-4-13-17(14)25-18(11-3-2-8-23-10-11)26-19(13)24-12-6-7-16(22)15(21)9-12/h1-10H,(H,24,25,26). The Morgan fingerprint density at radius 1 is 0.923 bits per heavy atom. The van der Waals surface area contributed by atoms with Crippen molar-refractivity contribution in [1.82, 2.24) is 15.0 Å². The van der Waals surface area contributed by atoms with E-state index in [2.05, 4.69) is 20.3 Å². The molecule has 0 aliphatic rings. The molecule has 0 spiro atoms. The topological polar surface area (TPSA) is 50.7 Å². The van der Waals surface area contributed by atoms with Gasteiger partial charge in [0, 0.05) is 29.0 Å². The Morgan fingerprint density at radius 3 is 2.58 bits per heavy atom. The van der Waals surface area contributed by atoms with Gasteiger partial charge in [0.05, 0.1) is 15.6 Å². The van der Waals surface area contributed by atoms with Gasteiger partial charge in [0.1, 0.15) is 11.6 Å². The number of benzene rings is 2. The predicted octanol–water partition coefficient (Wildman–Crippen LogP) is 5.88. The second-order valence-electron chi connectivity index (χ2n) is 5.53. The molecular formula is C19H11Cl2FN4. The summed E-state index contributed by atoms with van der Waals surface area (Å²) < 4.78 is 13.4. The van der Waals surface area contributed by atoms with Gasteiger partial charge in [0.15, 0.2) is 5.82 Å². The molecule has 0 aliphatic carbocycles. The van der Waals surface area contributed by atoms with Crippen LogP contribution in [-0.2, 0) is 0 Å². The number of fused-ring (bicyclic) bond motifs is 1. The maximum atomic E-state index is 13.4. The van der Waals surface area contributed by atoms with Gasteiger partial charge in [-0.1, -0.05) is 29.3 Å². The van der Waals surface area contributed by atoms with Gasteiger partial charge in [0.2, 0.25) is 0 Å². The zero-order valence-corrected chi connectivity index (χ0v) is 14.8. The van der Waals surface area contributed by atoms with Crippen LogP contribution in [0.15, 0.2) is 60.9 Å². The molecule has 128 valence electrons. The molecule has 0 bridgehead atoms. The molecule has 0 fully saturated rings. The lowest BCUT2D eigenvalue weighted by Gasteiger charge is -2.12. The van der Waals surface area contributed by atoms with Gasteiger partial charge in [-0.2, -0.15) is 0 Å². The first-order valence-corrected chi connectivity index (χ1v) is 8.46. The second-order valence-corrected chi connectivity index (χ2v) is 6.34. The van der Waals surface area contributed by atoms with Crippen LogP contribution in [0.3, 0.4) is 0 Å². The van der Waals surface area contributed by atoms with Crippen LogP contribution in [-0.4, -0.2) is 15.0 Å². The van der Waals surface area contributed by atoms with Crippen LogP contribution in [0.5, 0.6) is 0 Å². The molecule has 0 unspecified atom stereocenters. The summed E-state index contributed by atoms with van der Waals surface area (Å²) in [4.78, 5) is 13.3. The Morgan fingerprint density at radius 2 is 1.81 bits per heavy atom. The van der Waals surface area contributed by atoms with Crippen molar-refractivity contribution in [3.05, 3.63) is 76.8 Å². The number of hydrogen-bond donors (Lipinski definition) is 1. The van der Waals surface area contributed by atoms with Crippen LogP contribution in [0.1, 0.15) is 0 Å². The molecule has 4 rings (SSSR count). The molecule has 2 aromatic carbocycles. The fraction of sp³-hybridized carbons (Fsp3) is 0. The van der Waals surface area contributed by atoms with Gasteiger partial charge in [-0.25, -0.2) is 14.4 Å². The van der Waals surface area contributed by atoms with E-state index in [1.807, 2.05) is 24.3 Å². The third-order valence-electron chi connectivity index (χ3n) is 3.78. The van der Waals surface area contributed by atoms with E-state index in [1.54, 1.807) is 24.5 Å². The quantitative estimate of drug-likeness (QED) is 0.478. The molecule has 1 N–H and O–H groups in total. The third kappa shape index (κ3) is 3.19.